The van der Waals surface area contributed by atoms with Crippen molar-refractivity contribution in [1.82, 2.24) is 0 Å². The van der Waals surface area contributed by atoms with Crippen molar-refractivity contribution in [3.8, 4) is 0 Å². The van der Waals surface area contributed by atoms with Crippen LogP contribution in [0.1, 0.15) is 0 Å². The monoisotopic (exact) mass is 348 g/mol. The van der Waals surface area contributed by atoms with Gasteiger partial charge in [-0.15, -0.1) is 0 Å². The first-order valence-corrected chi connectivity index (χ1v) is 9.81. The van der Waals surface area contributed by atoms with E-state index in [9.17, 15) is 0 Å². The highest BCUT2D eigenvalue weighted by Gasteiger charge is 2.24. The van der Waals surface area contributed by atoms with E-state index in [4.69, 9.17) is 0 Å². The molecule has 0 heterocycles. The number of hydrogen-bond donors (Lipinski definition) is 0. The second-order valence-corrected chi connectivity index (χ2v) is 8.59. The molecule has 0 aliphatic carbocycles. The second-order valence-electron chi connectivity index (χ2n) is 6.44. The number of rotatable bonds is 5. The Morgan fingerprint density at radius 3 is 1.28 bits per heavy atom. The SMILES string of the molecule is CN(C)c1cccc(N(C)C)c1P(c1ccccc1)c1ccccc1. The van der Waals surface area contributed by atoms with E-state index < -0.39 is 7.92 Å². The molecule has 0 bridgehead atoms. The van der Waals surface area contributed by atoms with Gasteiger partial charge in [-0.2, -0.15) is 0 Å². The Labute approximate surface area is 152 Å². The second kappa shape index (κ2) is 7.72. The summed E-state index contributed by atoms with van der Waals surface area (Å²) < 4.78 is 0. The molecule has 0 fully saturated rings. The summed E-state index contributed by atoms with van der Waals surface area (Å²) in [6.45, 7) is 0. The van der Waals surface area contributed by atoms with Crippen LogP contribution in [-0.2, 0) is 0 Å². The molecule has 0 amide bonds. The summed E-state index contributed by atoms with van der Waals surface area (Å²) in [7, 11) is 7.87. The summed E-state index contributed by atoms with van der Waals surface area (Å²) in [5.74, 6) is 0. The number of nitrogens with zero attached hydrogens (tertiary/aromatic N) is 2. The lowest BCUT2D eigenvalue weighted by atomic mass is 10.2. The third kappa shape index (κ3) is 3.70. The molecule has 0 aliphatic heterocycles. The maximum absolute atomic E-state index is 2.25. The highest BCUT2D eigenvalue weighted by Crippen LogP contribution is 2.40. The van der Waals surface area contributed by atoms with Gasteiger partial charge in [-0.1, -0.05) is 66.7 Å². The molecule has 0 saturated carbocycles. The fourth-order valence-corrected chi connectivity index (χ4v) is 5.79. The van der Waals surface area contributed by atoms with Gasteiger partial charge in [-0.25, -0.2) is 0 Å². The molecule has 0 unspecified atom stereocenters. The summed E-state index contributed by atoms with van der Waals surface area (Å²) in [4.78, 5) is 4.45. The Bertz CT molecular complexity index is 748. The molecule has 3 rings (SSSR count). The zero-order valence-corrected chi connectivity index (χ0v) is 16.2. The van der Waals surface area contributed by atoms with Gasteiger partial charge in [0.1, 0.15) is 0 Å². The van der Waals surface area contributed by atoms with Crippen molar-refractivity contribution in [3.63, 3.8) is 0 Å². The number of benzene rings is 3. The van der Waals surface area contributed by atoms with Gasteiger partial charge in [0, 0.05) is 44.9 Å². The predicted molar refractivity (Wildman–Crippen MR) is 114 cm³/mol. The van der Waals surface area contributed by atoms with E-state index in [0.29, 0.717) is 0 Å². The average Bonchev–Trinajstić information content (AvgIpc) is 2.63. The van der Waals surface area contributed by atoms with Crippen molar-refractivity contribution in [1.29, 1.82) is 0 Å². The van der Waals surface area contributed by atoms with Crippen molar-refractivity contribution in [3.05, 3.63) is 78.9 Å². The van der Waals surface area contributed by atoms with E-state index >= 15 is 0 Å². The fourth-order valence-electron chi connectivity index (χ4n) is 3.03. The van der Waals surface area contributed by atoms with E-state index in [2.05, 4.69) is 117 Å². The molecule has 2 nitrogen and oxygen atoms in total. The van der Waals surface area contributed by atoms with E-state index in [1.807, 2.05) is 0 Å². The van der Waals surface area contributed by atoms with Crippen LogP contribution < -0.4 is 25.7 Å². The van der Waals surface area contributed by atoms with Gasteiger partial charge in [0.05, 0.1) is 0 Å². The van der Waals surface area contributed by atoms with Crippen molar-refractivity contribution in [2.75, 3.05) is 38.0 Å². The lowest BCUT2D eigenvalue weighted by Crippen LogP contribution is -2.30. The lowest BCUT2D eigenvalue weighted by molar-refractivity contribution is 1.11. The topological polar surface area (TPSA) is 6.48 Å². The van der Waals surface area contributed by atoms with Crippen LogP contribution in [0.4, 0.5) is 11.4 Å². The molecule has 0 saturated heterocycles. The molecule has 25 heavy (non-hydrogen) atoms. The Morgan fingerprint density at radius 1 is 0.520 bits per heavy atom. The van der Waals surface area contributed by atoms with Gasteiger partial charge in [0.15, 0.2) is 0 Å². The first kappa shape index (κ1) is 17.5. The van der Waals surface area contributed by atoms with Crippen LogP contribution >= 0.6 is 7.92 Å². The minimum Gasteiger partial charge on any atom is -0.377 e. The largest absolute Gasteiger partial charge is 0.377 e. The molecule has 0 spiro atoms. The maximum atomic E-state index is 2.25. The third-order valence-corrected chi connectivity index (χ3v) is 6.74. The summed E-state index contributed by atoms with van der Waals surface area (Å²) in [6, 6.07) is 28.4. The molecule has 0 radical (unpaired) electrons. The molecule has 3 aromatic rings. The van der Waals surface area contributed by atoms with Crippen molar-refractivity contribution < 1.29 is 0 Å². The lowest BCUT2D eigenvalue weighted by Gasteiger charge is -2.30. The molecule has 0 atom stereocenters. The maximum Gasteiger partial charge on any atom is 0.0466 e. The predicted octanol–water partition coefficient (Wildman–Crippen LogP) is 3.58. The molecule has 3 heteroatoms. The van der Waals surface area contributed by atoms with Gasteiger partial charge >= 0.3 is 0 Å². The van der Waals surface area contributed by atoms with Crippen LogP contribution in [-0.4, -0.2) is 28.2 Å². The standard InChI is InChI=1S/C22H25N2P/c1-23(2)20-16-11-17-21(24(3)4)22(20)25(18-12-7-5-8-13-18)19-14-9-6-10-15-19/h5-17H,1-4H3. The molecule has 0 N–H and O–H groups in total. The van der Waals surface area contributed by atoms with Gasteiger partial charge in [-0.3, -0.25) is 0 Å². The first-order chi connectivity index (χ1) is 12.1. The highest BCUT2D eigenvalue weighted by atomic mass is 31.1. The Hall–Kier alpha value is -2.31. The van der Waals surface area contributed by atoms with Gasteiger partial charge in [0.25, 0.3) is 0 Å². The molecule has 128 valence electrons. The molecular weight excluding hydrogens is 323 g/mol. The van der Waals surface area contributed by atoms with Crippen LogP contribution in [0, 0.1) is 0 Å². The smallest absolute Gasteiger partial charge is 0.0466 e. The van der Waals surface area contributed by atoms with E-state index in [1.54, 1.807) is 0 Å². The molecule has 3 aromatic carbocycles. The normalized spacial score (nSPS) is 10.8. The summed E-state index contributed by atoms with van der Waals surface area (Å²) in [5.41, 5.74) is 2.56. The first-order valence-electron chi connectivity index (χ1n) is 8.47. The highest BCUT2D eigenvalue weighted by molar-refractivity contribution is 7.80. The summed E-state index contributed by atoms with van der Waals surface area (Å²) in [5, 5.41) is 4.16. The minimum atomic E-state index is -0.636. The van der Waals surface area contributed by atoms with Crippen molar-refractivity contribution in [2.24, 2.45) is 0 Å². The molecular formula is C22H25N2P. The minimum absolute atomic E-state index is 0.636. The quantitative estimate of drug-likeness (QED) is 0.651. The average molecular weight is 348 g/mol. The zero-order chi connectivity index (χ0) is 17.8. The van der Waals surface area contributed by atoms with Crippen LogP contribution in [0.5, 0.6) is 0 Å². The molecule has 0 aliphatic rings. The van der Waals surface area contributed by atoms with Crippen LogP contribution in [0.3, 0.4) is 0 Å². The number of anilines is 2. The van der Waals surface area contributed by atoms with E-state index in [0.717, 1.165) is 0 Å². The fraction of sp³-hybridized carbons (Fsp3) is 0.182. The van der Waals surface area contributed by atoms with Crippen LogP contribution in [0.2, 0.25) is 0 Å². The summed E-state index contributed by atoms with van der Waals surface area (Å²) >= 11 is 0. The van der Waals surface area contributed by atoms with Crippen molar-refractivity contribution >= 4 is 35.2 Å². The zero-order valence-electron chi connectivity index (χ0n) is 15.3. The Balaban J connectivity index is 2.31. The molecule has 0 aromatic heterocycles. The third-order valence-electron chi connectivity index (χ3n) is 4.21. The van der Waals surface area contributed by atoms with Crippen molar-refractivity contribution in [2.45, 2.75) is 0 Å². The van der Waals surface area contributed by atoms with Crippen LogP contribution in [0.25, 0.3) is 0 Å². The van der Waals surface area contributed by atoms with Crippen LogP contribution in [0.15, 0.2) is 78.9 Å². The van der Waals surface area contributed by atoms with E-state index in [-0.39, 0.29) is 0 Å². The van der Waals surface area contributed by atoms with Gasteiger partial charge in [-0.05, 0) is 30.7 Å². The van der Waals surface area contributed by atoms with E-state index in [1.165, 1.54) is 27.3 Å². The summed E-state index contributed by atoms with van der Waals surface area (Å²) in [6.07, 6.45) is 0. The van der Waals surface area contributed by atoms with Gasteiger partial charge < -0.3 is 9.80 Å². The van der Waals surface area contributed by atoms with Gasteiger partial charge in [0.2, 0.25) is 0 Å². The Kier molecular flexibility index (Phi) is 5.40. The Morgan fingerprint density at radius 2 is 0.920 bits per heavy atom. The number of hydrogen-bond acceptors (Lipinski definition) is 2.